The normalized spacial score (nSPS) is 10.0. The largest absolute Gasteiger partial charge is 0.465 e. The molecule has 1 aromatic rings. The third-order valence-electron chi connectivity index (χ3n) is 2.37. The maximum absolute atomic E-state index is 11.5. The number of nitrogen functional groups attached to an aromatic ring is 1. The Labute approximate surface area is 116 Å². The van der Waals surface area contributed by atoms with E-state index in [2.05, 4.69) is 10.1 Å². The number of hydrogen-bond donors (Lipinski definition) is 2. The first-order valence-electron chi connectivity index (χ1n) is 5.95. The van der Waals surface area contributed by atoms with Crippen LogP contribution in [0.2, 0.25) is 0 Å². The number of anilines is 1. The lowest BCUT2D eigenvalue weighted by atomic mass is 10.2. The van der Waals surface area contributed by atoms with Crippen LogP contribution in [0.3, 0.4) is 0 Å². The van der Waals surface area contributed by atoms with Crippen LogP contribution in [0.4, 0.5) is 5.69 Å². The van der Waals surface area contributed by atoms with Crippen LogP contribution in [0.5, 0.6) is 0 Å². The Morgan fingerprint density at radius 2 is 2.16 bits per heavy atom. The summed E-state index contributed by atoms with van der Waals surface area (Å²) in [6.45, 7) is 2.67. The number of thioether (sulfide) groups is 1. The zero-order valence-corrected chi connectivity index (χ0v) is 11.9. The molecule has 1 amide bonds. The van der Waals surface area contributed by atoms with Crippen molar-refractivity contribution in [3.63, 3.8) is 0 Å². The summed E-state index contributed by atoms with van der Waals surface area (Å²) in [5.41, 5.74) is 6.39. The van der Waals surface area contributed by atoms with Crippen molar-refractivity contribution in [1.29, 1.82) is 0 Å². The van der Waals surface area contributed by atoms with Gasteiger partial charge in [-0.3, -0.25) is 4.79 Å². The van der Waals surface area contributed by atoms with Gasteiger partial charge in [0.15, 0.2) is 0 Å². The summed E-state index contributed by atoms with van der Waals surface area (Å²) >= 11 is 1.35. The molecule has 0 spiro atoms. The van der Waals surface area contributed by atoms with Gasteiger partial charge in [0.1, 0.15) is 0 Å². The molecular formula is C13H18N2O3S. The van der Waals surface area contributed by atoms with E-state index in [4.69, 9.17) is 5.73 Å². The van der Waals surface area contributed by atoms with Crippen molar-refractivity contribution in [2.75, 3.05) is 25.1 Å². The topological polar surface area (TPSA) is 81.4 Å². The number of benzene rings is 1. The van der Waals surface area contributed by atoms with Gasteiger partial charge in [-0.1, -0.05) is 6.92 Å². The zero-order valence-electron chi connectivity index (χ0n) is 11.1. The predicted molar refractivity (Wildman–Crippen MR) is 76.2 cm³/mol. The molecule has 0 radical (unpaired) electrons. The first-order valence-corrected chi connectivity index (χ1v) is 6.94. The number of hydrogen-bond acceptors (Lipinski definition) is 5. The summed E-state index contributed by atoms with van der Waals surface area (Å²) in [7, 11) is 1.31. The van der Waals surface area contributed by atoms with Gasteiger partial charge in [0.25, 0.3) is 0 Å². The summed E-state index contributed by atoms with van der Waals surface area (Å²) in [6, 6.07) is 5.05. The molecule has 0 atom stereocenters. The predicted octanol–water partition coefficient (Wildman–Crippen LogP) is 1.67. The van der Waals surface area contributed by atoms with Crippen LogP contribution in [0.15, 0.2) is 23.1 Å². The van der Waals surface area contributed by atoms with Crippen molar-refractivity contribution in [3.8, 4) is 0 Å². The monoisotopic (exact) mass is 282 g/mol. The van der Waals surface area contributed by atoms with Gasteiger partial charge in [-0.25, -0.2) is 4.79 Å². The van der Waals surface area contributed by atoms with Crippen LogP contribution in [-0.2, 0) is 9.53 Å². The highest BCUT2D eigenvalue weighted by molar-refractivity contribution is 8.00. The van der Waals surface area contributed by atoms with Crippen LogP contribution in [0.25, 0.3) is 0 Å². The van der Waals surface area contributed by atoms with E-state index in [0.717, 1.165) is 11.3 Å². The SMILES string of the molecule is CCCNC(=O)CSc1ccc(N)c(C(=O)OC)c1. The molecular weight excluding hydrogens is 264 g/mol. The summed E-state index contributed by atoms with van der Waals surface area (Å²) in [6.07, 6.45) is 0.908. The van der Waals surface area contributed by atoms with Gasteiger partial charge >= 0.3 is 5.97 Å². The Morgan fingerprint density at radius 3 is 2.79 bits per heavy atom. The minimum Gasteiger partial charge on any atom is -0.465 e. The minimum absolute atomic E-state index is 0.0247. The molecule has 104 valence electrons. The number of carbonyl (C=O) groups excluding carboxylic acids is 2. The molecule has 0 saturated carbocycles. The van der Waals surface area contributed by atoms with Crippen molar-refractivity contribution in [2.24, 2.45) is 0 Å². The van der Waals surface area contributed by atoms with Crippen LogP contribution in [0, 0.1) is 0 Å². The summed E-state index contributed by atoms with van der Waals surface area (Å²) in [5.74, 6) is -0.191. The summed E-state index contributed by atoms with van der Waals surface area (Å²) < 4.78 is 4.64. The number of nitrogens with two attached hydrogens (primary N) is 1. The summed E-state index contributed by atoms with van der Waals surface area (Å²) in [4.78, 5) is 23.8. The number of ether oxygens (including phenoxy) is 1. The molecule has 0 fully saturated rings. The van der Waals surface area contributed by atoms with Gasteiger partial charge < -0.3 is 15.8 Å². The lowest BCUT2D eigenvalue weighted by molar-refractivity contribution is -0.118. The molecule has 0 aliphatic rings. The molecule has 19 heavy (non-hydrogen) atoms. The van der Waals surface area contributed by atoms with E-state index in [1.54, 1.807) is 18.2 Å². The van der Waals surface area contributed by atoms with Gasteiger partial charge in [-0.2, -0.15) is 0 Å². The Kier molecular flexibility index (Phi) is 6.21. The first-order chi connectivity index (χ1) is 9.08. The van der Waals surface area contributed by atoms with E-state index < -0.39 is 5.97 Å². The highest BCUT2D eigenvalue weighted by Gasteiger charge is 2.11. The molecule has 0 unspecified atom stereocenters. The van der Waals surface area contributed by atoms with E-state index >= 15 is 0 Å². The molecule has 0 aliphatic heterocycles. The molecule has 0 bridgehead atoms. The smallest absolute Gasteiger partial charge is 0.339 e. The molecule has 0 heterocycles. The Bertz CT molecular complexity index is 463. The average molecular weight is 282 g/mol. The fraction of sp³-hybridized carbons (Fsp3) is 0.385. The molecule has 1 aromatic carbocycles. The van der Waals surface area contributed by atoms with Crippen molar-refractivity contribution in [1.82, 2.24) is 5.32 Å². The van der Waals surface area contributed by atoms with E-state index in [1.165, 1.54) is 18.9 Å². The van der Waals surface area contributed by atoms with Gasteiger partial charge in [-0.15, -0.1) is 11.8 Å². The van der Waals surface area contributed by atoms with Crippen LogP contribution < -0.4 is 11.1 Å². The fourth-order valence-electron chi connectivity index (χ4n) is 1.38. The van der Waals surface area contributed by atoms with Crippen LogP contribution in [-0.4, -0.2) is 31.3 Å². The van der Waals surface area contributed by atoms with Crippen molar-refractivity contribution in [3.05, 3.63) is 23.8 Å². The number of rotatable bonds is 6. The maximum atomic E-state index is 11.5. The lowest BCUT2D eigenvalue weighted by Crippen LogP contribution is -2.25. The second-order valence-corrected chi connectivity index (χ2v) is 4.93. The number of carbonyl (C=O) groups is 2. The van der Waals surface area contributed by atoms with Gasteiger partial charge in [0.2, 0.25) is 5.91 Å². The van der Waals surface area contributed by atoms with Crippen molar-refractivity contribution < 1.29 is 14.3 Å². The van der Waals surface area contributed by atoms with Gasteiger partial charge in [-0.05, 0) is 24.6 Å². The quantitative estimate of drug-likeness (QED) is 0.471. The van der Waals surface area contributed by atoms with E-state index in [1.807, 2.05) is 6.92 Å². The standard InChI is InChI=1S/C13H18N2O3S/c1-3-6-15-12(16)8-19-9-4-5-11(14)10(7-9)13(17)18-2/h4-5,7H,3,6,8,14H2,1-2H3,(H,15,16). The first kappa shape index (κ1) is 15.4. The number of nitrogens with one attached hydrogen (secondary N) is 1. The molecule has 1 rings (SSSR count). The van der Waals surface area contributed by atoms with E-state index in [-0.39, 0.29) is 5.91 Å². The van der Waals surface area contributed by atoms with Crippen LogP contribution in [0.1, 0.15) is 23.7 Å². The third-order valence-corrected chi connectivity index (χ3v) is 3.37. The van der Waals surface area contributed by atoms with Crippen molar-refractivity contribution in [2.45, 2.75) is 18.2 Å². The summed E-state index contributed by atoms with van der Waals surface area (Å²) in [5, 5.41) is 2.79. The molecule has 0 aliphatic carbocycles. The fourth-order valence-corrected chi connectivity index (χ4v) is 2.14. The highest BCUT2D eigenvalue weighted by Crippen LogP contribution is 2.23. The number of esters is 1. The molecule has 0 aromatic heterocycles. The Morgan fingerprint density at radius 1 is 1.42 bits per heavy atom. The van der Waals surface area contributed by atoms with Crippen molar-refractivity contribution >= 4 is 29.3 Å². The molecule has 3 N–H and O–H groups in total. The number of methoxy groups -OCH3 is 1. The maximum Gasteiger partial charge on any atom is 0.339 e. The Balaban J connectivity index is 2.64. The van der Waals surface area contributed by atoms with Gasteiger partial charge in [0, 0.05) is 17.1 Å². The van der Waals surface area contributed by atoms with Crippen LogP contribution >= 0.6 is 11.8 Å². The van der Waals surface area contributed by atoms with E-state index in [9.17, 15) is 9.59 Å². The third kappa shape index (κ3) is 4.82. The molecule has 6 heteroatoms. The molecule has 5 nitrogen and oxygen atoms in total. The second-order valence-electron chi connectivity index (χ2n) is 3.88. The van der Waals surface area contributed by atoms with Gasteiger partial charge in [0.05, 0.1) is 18.4 Å². The minimum atomic E-state index is -0.476. The average Bonchev–Trinajstić information content (AvgIpc) is 2.43. The molecule has 0 saturated heterocycles. The van der Waals surface area contributed by atoms with E-state index in [0.29, 0.717) is 23.5 Å². The lowest BCUT2D eigenvalue weighted by Gasteiger charge is -2.07. The zero-order chi connectivity index (χ0) is 14.3. The Hall–Kier alpha value is -1.69. The second kappa shape index (κ2) is 7.68. The highest BCUT2D eigenvalue weighted by atomic mass is 32.2. The number of amides is 1.